The molecule has 7 heteroatoms. The van der Waals surface area contributed by atoms with Gasteiger partial charge in [-0.05, 0) is 23.6 Å². The number of aromatic nitrogens is 4. The van der Waals surface area contributed by atoms with Crippen molar-refractivity contribution in [3.63, 3.8) is 0 Å². The first-order chi connectivity index (χ1) is 13.2. The van der Waals surface area contributed by atoms with Crippen LogP contribution in [0, 0.1) is 0 Å². The Kier molecular flexibility index (Phi) is 3.68. The average molecular weight is 375 g/mol. The van der Waals surface area contributed by atoms with Crippen LogP contribution in [0.4, 0.5) is 5.82 Å². The topological polar surface area (TPSA) is 64.7 Å². The fraction of sp³-hybridized carbons (Fsp3) is 0.150. The van der Waals surface area contributed by atoms with E-state index in [1.807, 2.05) is 65.9 Å². The van der Waals surface area contributed by atoms with Gasteiger partial charge < -0.3 is 5.32 Å². The SMILES string of the molecule is Cn1cc2c(n1)NC(=O)CC2c1cn(-c2ccccc2)nc1-c1cccs1. The number of thiophene rings is 1. The smallest absolute Gasteiger partial charge is 0.226 e. The van der Waals surface area contributed by atoms with Crippen LogP contribution in [0.15, 0.2) is 60.2 Å². The summed E-state index contributed by atoms with van der Waals surface area (Å²) in [6.45, 7) is 0. The van der Waals surface area contributed by atoms with Crippen molar-refractivity contribution in [1.29, 1.82) is 0 Å². The van der Waals surface area contributed by atoms with Crippen LogP contribution in [0.3, 0.4) is 0 Å². The standard InChI is InChI=1S/C20H17N5OS/c1-24-11-16-14(10-18(26)21-20(16)23-24)15-12-25(13-6-3-2-4-7-13)22-19(15)17-8-5-9-27-17/h2-9,11-12,14H,10H2,1H3,(H,21,23,26). The quantitative estimate of drug-likeness (QED) is 0.592. The van der Waals surface area contributed by atoms with Crippen molar-refractivity contribution in [2.75, 3.05) is 5.32 Å². The number of fused-ring (bicyclic) bond motifs is 1. The maximum atomic E-state index is 12.3. The third-order valence-electron chi connectivity index (χ3n) is 4.77. The van der Waals surface area contributed by atoms with E-state index in [1.54, 1.807) is 16.0 Å². The highest BCUT2D eigenvalue weighted by molar-refractivity contribution is 7.13. The van der Waals surface area contributed by atoms with E-state index in [1.165, 1.54) is 0 Å². The van der Waals surface area contributed by atoms with Gasteiger partial charge in [0.2, 0.25) is 5.91 Å². The van der Waals surface area contributed by atoms with Gasteiger partial charge in [0.15, 0.2) is 5.82 Å². The minimum absolute atomic E-state index is 0.0178. The number of aryl methyl sites for hydroxylation is 1. The molecule has 134 valence electrons. The number of nitrogens with one attached hydrogen (secondary N) is 1. The summed E-state index contributed by atoms with van der Waals surface area (Å²) >= 11 is 1.65. The fourth-order valence-corrected chi connectivity index (χ4v) is 4.31. The highest BCUT2D eigenvalue weighted by Crippen LogP contribution is 2.41. The van der Waals surface area contributed by atoms with Gasteiger partial charge in [0.1, 0.15) is 5.69 Å². The van der Waals surface area contributed by atoms with Gasteiger partial charge in [-0.1, -0.05) is 24.3 Å². The zero-order valence-corrected chi connectivity index (χ0v) is 15.5. The van der Waals surface area contributed by atoms with E-state index in [2.05, 4.69) is 16.5 Å². The molecular formula is C20H17N5OS. The second-order valence-corrected chi connectivity index (χ2v) is 7.55. The number of nitrogens with zero attached hydrogens (tertiary/aromatic N) is 4. The highest BCUT2D eigenvalue weighted by Gasteiger charge is 2.32. The Balaban J connectivity index is 1.70. The van der Waals surface area contributed by atoms with Gasteiger partial charge in [0.05, 0.1) is 10.6 Å². The van der Waals surface area contributed by atoms with Gasteiger partial charge in [0, 0.05) is 42.9 Å². The Morgan fingerprint density at radius 3 is 2.70 bits per heavy atom. The number of amides is 1. The Bertz CT molecular complexity index is 1110. The molecule has 1 amide bonds. The van der Waals surface area contributed by atoms with Crippen LogP contribution in [-0.2, 0) is 11.8 Å². The lowest BCUT2D eigenvalue weighted by atomic mass is 9.87. The van der Waals surface area contributed by atoms with Crippen molar-refractivity contribution in [2.45, 2.75) is 12.3 Å². The van der Waals surface area contributed by atoms with Crippen molar-refractivity contribution >= 4 is 23.1 Å². The second-order valence-electron chi connectivity index (χ2n) is 6.60. The molecule has 0 bridgehead atoms. The predicted molar refractivity (Wildman–Crippen MR) is 105 cm³/mol. The number of anilines is 1. The summed E-state index contributed by atoms with van der Waals surface area (Å²) in [6.07, 6.45) is 4.42. The molecule has 4 heterocycles. The molecule has 0 radical (unpaired) electrons. The number of benzene rings is 1. The molecule has 1 N–H and O–H groups in total. The molecule has 0 spiro atoms. The summed E-state index contributed by atoms with van der Waals surface area (Å²) in [5.74, 6) is 0.552. The van der Waals surface area contributed by atoms with Crippen LogP contribution in [0.25, 0.3) is 16.3 Å². The zero-order valence-electron chi connectivity index (χ0n) is 14.7. The lowest BCUT2D eigenvalue weighted by molar-refractivity contribution is -0.116. The molecule has 1 unspecified atom stereocenters. The molecular weight excluding hydrogens is 358 g/mol. The monoisotopic (exact) mass is 375 g/mol. The highest BCUT2D eigenvalue weighted by atomic mass is 32.1. The molecule has 1 aromatic carbocycles. The first-order valence-corrected chi connectivity index (χ1v) is 9.59. The molecule has 1 atom stereocenters. The predicted octanol–water partition coefficient (Wildman–Crippen LogP) is 3.81. The van der Waals surface area contributed by atoms with Crippen LogP contribution in [0.1, 0.15) is 23.5 Å². The summed E-state index contributed by atoms with van der Waals surface area (Å²) in [6, 6.07) is 14.1. The fourth-order valence-electron chi connectivity index (χ4n) is 3.57. The maximum Gasteiger partial charge on any atom is 0.226 e. The molecule has 1 aliphatic rings. The maximum absolute atomic E-state index is 12.3. The Labute approximate surface area is 160 Å². The summed E-state index contributed by atoms with van der Waals surface area (Å²) in [4.78, 5) is 13.4. The van der Waals surface area contributed by atoms with E-state index in [9.17, 15) is 4.79 Å². The normalized spacial score (nSPS) is 16.2. The van der Waals surface area contributed by atoms with Crippen molar-refractivity contribution in [3.8, 4) is 16.3 Å². The molecule has 1 aliphatic heterocycles. The Morgan fingerprint density at radius 1 is 1.07 bits per heavy atom. The Morgan fingerprint density at radius 2 is 1.93 bits per heavy atom. The molecule has 27 heavy (non-hydrogen) atoms. The van der Waals surface area contributed by atoms with Gasteiger partial charge >= 0.3 is 0 Å². The van der Waals surface area contributed by atoms with Gasteiger partial charge in [-0.3, -0.25) is 9.48 Å². The molecule has 5 rings (SSSR count). The van der Waals surface area contributed by atoms with E-state index < -0.39 is 0 Å². The number of para-hydroxylation sites is 1. The number of carbonyl (C=O) groups excluding carboxylic acids is 1. The number of rotatable bonds is 3. The third kappa shape index (κ3) is 2.76. The minimum atomic E-state index is -0.0722. The molecule has 0 saturated heterocycles. The Hall–Kier alpha value is -3.19. The van der Waals surface area contributed by atoms with E-state index in [0.29, 0.717) is 12.2 Å². The lowest BCUT2D eigenvalue weighted by Gasteiger charge is -2.21. The van der Waals surface area contributed by atoms with Crippen LogP contribution in [-0.4, -0.2) is 25.5 Å². The average Bonchev–Trinajstić information content (AvgIpc) is 3.40. The molecule has 3 aromatic heterocycles. The van der Waals surface area contributed by atoms with Crippen LogP contribution in [0.2, 0.25) is 0 Å². The molecule has 0 aliphatic carbocycles. The molecule has 6 nitrogen and oxygen atoms in total. The van der Waals surface area contributed by atoms with Gasteiger partial charge in [-0.2, -0.15) is 10.2 Å². The molecule has 0 fully saturated rings. The number of hydrogen-bond donors (Lipinski definition) is 1. The largest absolute Gasteiger partial charge is 0.309 e. The van der Waals surface area contributed by atoms with Gasteiger partial charge in [-0.15, -0.1) is 11.3 Å². The summed E-state index contributed by atoms with van der Waals surface area (Å²) in [7, 11) is 1.87. The van der Waals surface area contributed by atoms with Crippen LogP contribution in [0.5, 0.6) is 0 Å². The van der Waals surface area contributed by atoms with Crippen LogP contribution >= 0.6 is 11.3 Å². The summed E-state index contributed by atoms with van der Waals surface area (Å²) in [5.41, 5.74) is 3.99. The third-order valence-corrected chi connectivity index (χ3v) is 5.65. The number of carbonyl (C=O) groups is 1. The lowest BCUT2D eigenvalue weighted by Crippen LogP contribution is -2.23. The number of hydrogen-bond acceptors (Lipinski definition) is 4. The van der Waals surface area contributed by atoms with Crippen molar-refractivity contribution in [3.05, 3.63) is 71.4 Å². The van der Waals surface area contributed by atoms with Crippen molar-refractivity contribution in [1.82, 2.24) is 19.6 Å². The van der Waals surface area contributed by atoms with Crippen molar-refractivity contribution < 1.29 is 4.79 Å². The second kappa shape index (κ2) is 6.21. The molecule has 4 aromatic rings. The molecule has 0 saturated carbocycles. The van der Waals surface area contributed by atoms with Gasteiger partial charge in [0.25, 0.3) is 0 Å². The first-order valence-electron chi connectivity index (χ1n) is 8.71. The van der Waals surface area contributed by atoms with E-state index in [-0.39, 0.29) is 11.8 Å². The first kappa shape index (κ1) is 16.0. The minimum Gasteiger partial charge on any atom is -0.309 e. The van der Waals surface area contributed by atoms with E-state index in [4.69, 9.17) is 5.10 Å². The summed E-state index contributed by atoms with van der Waals surface area (Å²) in [5, 5.41) is 14.2. The van der Waals surface area contributed by atoms with Crippen molar-refractivity contribution in [2.24, 2.45) is 7.05 Å². The summed E-state index contributed by atoms with van der Waals surface area (Å²) < 4.78 is 3.64. The van der Waals surface area contributed by atoms with Crippen LogP contribution < -0.4 is 5.32 Å². The van der Waals surface area contributed by atoms with Gasteiger partial charge in [-0.25, -0.2) is 4.68 Å². The zero-order chi connectivity index (χ0) is 18.4. The van der Waals surface area contributed by atoms with E-state index in [0.717, 1.165) is 27.4 Å². The van der Waals surface area contributed by atoms with E-state index >= 15 is 0 Å².